The number of rotatable bonds is 5. The van der Waals surface area contributed by atoms with Crippen molar-refractivity contribution >= 4 is 38.4 Å². The average molecular weight is 666 g/mol. The molecule has 2 bridgehead atoms. The van der Waals surface area contributed by atoms with Crippen LogP contribution in [0.5, 0.6) is 11.8 Å². The van der Waals surface area contributed by atoms with Gasteiger partial charge in [0.05, 0.1) is 16.5 Å². The van der Waals surface area contributed by atoms with Crippen molar-refractivity contribution in [1.82, 2.24) is 30.0 Å². The van der Waals surface area contributed by atoms with Crippen LogP contribution in [0.15, 0.2) is 42.6 Å². The Bertz CT molecular complexity index is 2270. The van der Waals surface area contributed by atoms with Gasteiger partial charge in [-0.15, -0.1) is 6.42 Å². The molecule has 2 N–H and O–H groups in total. The van der Waals surface area contributed by atoms with E-state index in [2.05, 4.69) is 32.7 Å². The van der Waals surface area contributed by atoms with Gasteiger partial charge in [0.1, 0.15) is 41.2 Å². The minimum atomic E-state index is -0.977. The van der Waals surface area contributed by atoms with Crippen molar-refractivity contribution in [3.63, 3.8) is 0 Å². The molecule has 5 aromatic rings. The molecule has 6 heterocycles. The standard InChI is InChI=1S/C37H34F3N7O2/c1-4-25-28(39)8-5-20-9-24(48)10-26(29(20)25)30-32(40)34-31(27-17-45(3)44-33(27)30)35(46-15-22-6-7-23(16-46)41-22)43-36(42-34)49-18-37-11-19(2)13-47(37)14-21(38)12-37/h1,5,8-10,17,21-23,41,48H,2,6-7,11-16,18H2,3H3/t21-,22-,23+,37+/m0/s1. The summed E-state index contributed by atoms with van der Waals surface area (Å²) in [6, 6.07) is 6.06. The maximum absolute atomic E-state index is 17.5. The molecule has 4 atom stereocenters. The fraction of sp³-hybridized carbons (Fsp3) is 0.378. The van der Waals surface area contributed by atoms with Gasteiger partial charge in [0.15, 0.2) is 5.82 Å². The van der Waals surface area contributed by atoms with Gasteiger partial charge in [-0.05, 0) is 48.4 Å². The molecule has 12 heteroatoms. The third-order valence-electron chi connectivity index (χ3n) is 10.8. The summed E-state index contributed by atoms with van der Waals surface area (Å²) in [6.45, 7) is 6.51. The van der Waals surface area contributed by atoms with Crippen molar-refractivity contribution in [2.24, 2.45) is 7.05 Å². The van der Waals surface area contributed by atoms with Gasteiger partial charge >= 0.3 is 6.01 Å². The topological polar surface area (TPSA) is 91.6 Å². The lowest BCUT2D eigenvalue weighted by Gasteiger charge is -2.35. The van der Waals surface area contributed by atoms with Gasteiger partial charge in [0.25, 0.3) is 0 Å². The van der Waals surface area contributed by atoms with Gasteiger partial charge < -0.3 is 20.1 Å². The molecule has 0 spiro atoms. The first kappa shape index (κ1) is 30.2. The number of nitrogens with one attached hydrogen (secondary N) is 1. The van der Waals surface area contributed by atoms with Crippen LogP contribution in [0.2, 0.25) is 0 Å². The summed E-state index contributed by atoms with van der Waals surface area (Å²) in [5.41, 5.74) is 0.893. The third kappa shape index (κ3) is 4.66. The Hall–Kier alpha value is -4.86. The van der Waals surface area contributed by atoms with E-state index in [1.807, 2.05) is 0 Å². The maximum Gasteiger partial charge on any atom is 0.319 e. The Morgan fingerprint density at radius 2 is 1.92 bits per heavy atom. The molecule has 250 valence electrons. The van der Waals surface area contributed by atoms with Crippen LogP contribution in [0.25, 0.3) is 43.7 Å². The molecule has 49 heavy (non-hydrogen) atoms. The average Bonchev–Trinajstić information content (AvgIpc) is 3.78. The number of aromatic nitrogens is 4. The second-order valence-corrected chi connectivity index (χ2v) is 14.1. The predicted molar refractivity (Wildman–Crippen MR) is 181 cm³/mol. The van der Waals surface area contributed by atoms with Gasteiger partial charge in [-0.25, -0.2) is 13.2 Å². The van der Waals surface area contributed by atoms with Crippen molar-refractivity contribution in [3.05, 3.63) is 59.8 Å². The first-order valence-electron chi connectivity index (χ1n) is 16.6. The molecular formula is C37H34F3N7O2. The lowest BCUT2D eigenvalue weighted by atomic mass is 9.91. The van der Waals surface area contributed by atoms with E-state index in [9.17, 15) is 9.50 Å². The highest BCUT2D eigenvalue weighted by atomic mass is 19.1. The molecule has 4 fully saturated rings. The van der Waals surface area contributed by atoms with Crippen molar-refractivity contribution in [1.29, 1.82) is 0 Å². The fourth-order valence-corrected chi connectivity index (χ4v) is 8.83. The Labute approximate surface area is 280 Å². The normalized spacial score (nSPS) is 25.2. The largest absolute Gasteiger partial charge is 0.508 e. The summed E-state index contributed by atoms with van der Waals surface area (Å²) in [4.78, 5) is 13.9. The number of anilines is 1. The third-order valence-corrected chi connectivity index (χ3v) is 10.8. The molecule has 0 radical (unpaired) electrons. The van der Waals surface area contributed by atoms with E-state index in [1.165, 1.54) is 24.3 Å². The fourth-order valence-electron chi connectivity index (χ4n) is 8.83. The zero-order valence-electron chi connectivity index (χ0n) is 26.9. The van der Waals surface area contributed by atoms with Crippen LogP contribution in [0, 0.1) is 24.0 Å². The molecule has 0 amide bonds. The summed E-state index contributed by atoms with van der Waals surface area (Å²) in [7, 11) is 1.74. The SMILES string of the molecule is C#Cc1c(F)ccc2cc(O)cc(-c3c(F)c4nc(OC[C@]56CC(=C)CN5C[C@@H](F)C6)nc(N5C[C@H]6CC[C@@H](C5)N6)c4c4cn(C)nc34)c12. The highest BCUT2D eigenvalue weighted by molar-refractivity contribution is 6.18. The number of benzene rings is 3. The number of ether oxygens (including phenoxy) is 1. The lowest BCUT2D eigenvalue weighted by Crippen LogP contribution is -2.51. The Balaban J connectivity index is 1.29. The van der Waals surface area contributed by atoms with Gasteiger partial charge in [-0.1, -0.05) is 24.1 Å². The monoisotopic (exact) mass is 665 g/mol. The van der Waals surface area contributed by atoms with Crippen LogP contribution in [0.4, 0.5) is 19.0 Å². The van der Waals surface area contributed by atoms with E-state index in [0.717, 1.165) is 18.4 Å². The number of halogens is 3. The number of alkyl halides is 1. The van der Waals surface area contributed by atoms with Crippen LogP contribution in [-0.2, 0) is 7.05 Å². The Morgan fingerprint density at radius 1 is 1.12 bits per heavy atom. The van der Waals surface area contributed by atoms with Gasteiger partial charge in [0, 0.05) is 74.3 Å². The first-order valence-corrected chi connectivity index (χ1v) is 16.6. The summed E-state index contributed by atoms with van der Waals surface area (Å²) in [5, 5.41) is 20.9. The molecule has 9 nitrogen and oxygen atoms in total. The number of phenolic OH excluding ortho intramolecular Hbond substituents is 1. The summed E-state index contributed by atoms with van der Waals surface area (Å²) < 4.78 is 55.3. The lowest BCUT2D eigenvalue weighted by molar-refractivity contribution is 0.107. The number of aryl methyl sites for hydroxylation is 1. The van der Waals surface area contributed by atoms with E-state index in [0.29, 0.717) is 66.5 Å². The highest BCUT2D eigenvalue weighted by Crippen LogP contribution is 2.46. The molecule has 4 aliphatic heterocycles. The first-order chi connectivity index (χ1) is 23.6. The quantitative estimate of drug-likeness (QED) is 0.192. The molecule has 3 aromatic carbocycles. The van der Waals surface area contributed by atoms with Crippen molar-refractivity contribution in [2.75, 3.05) is 37.7 Å². The minimum Gasteiger partial charge on any atom is -0.508 e. The van der Waals surface area contributed by atoms with E-state index >= 15 is 8.78 Å². The number of phenols is 1. The van der Waals surface area contributed by atoms with Crippen LogP contribution in [-0.4, -0.2) is 86.3 Å². The number of terminal acetylenes is 1. The predicted octanol–water partition coefficient (Wildman–Crippen LogP) is 5.36. The smallest absolute Gasteiger partial charge is 0.319 e. The van der Waals surface area contributed by atoms with Crippen LogP contribution in [0.1, 0.15) is 31.2 Å². The van der Waals surface area contributed by atoms with Gasteiger partial charge in [-0.3, -0.25) is 9.58 Å². The summed E-state index contributed by atoms with van der Waals surface area (Å²) >= 11 is 0. The molecule has 9 rings (SSSR count). The Kier molecular flexibility index (Phi) is 6.67. The minimum absolute atomic E-state index is 0.00323. The second-order valence-electron chi connectivity index (χ2n) is 14.1. The number of fused-ring (bicyclic) bond motifs is 7. The van der Waals surface area contributed by atoms with Crippen LogP contribution < -0.4 is 15.0 Å². The van der Waals surface area contributed by atoms with E-state index < -0.39 is 23.3 Å². The summed E-state index contributed by atoms with van der Waals surface area (Å²) in [6.07, 6.45) is 9.56. The zero-order chi connectivity index (χ0) is 33.8. The van der Waals surface area contributed by atoms with Gasteiger partial charge in [0.2, 0.25) is 0 Å². The molecule has 4 aliphatic rings. The summed E-state index contributed by atoms with van der Waals surface area (Å²) in [5.74, 6) is 1.43. The van der Waals surface area contributed by atoms with E-state index in [-0.39, 0.29) is 58.0 Å². The number of piperazine rings is 1. The second kappa shape index (κ2) is 10.8. The Morgan fingerprint density at radius 3 is 2.69 bits per heavy atom. The number of hydrogen-bond donors (Lipinski definition) is 2. The number of hydrogen-bond acceptors (Lipinski definition) is 8. The van der Waals surface area contributed by atoms with Crippen LogP contribution in [0.3, 0.4) is 0 Å². The van der Waals surface area contributed by atoms with Gasteiger partial charge in [-0.2, -0.15) is 15.1 Å². The molecule has 0 saturated carbocycles. The van der Waals surface area contributed by atoms with Crippen molar-refractivity contribution < 1.29 is 23.0 Å². The molecule has 4 saturated heterocycles. The van der Waals surface area contributed by atoms with Crippen LogP contribution >= 0.6 is 0 Å². The van der Waals surface area contributed by atoms with Crippen molar-refractivity contribution in [2.45, 2.75) is 49.5 Å². The molecule has 0 unspecified atom stereocenters. The van der Waals surface area contributed by atoms with E-state index in [1.54, 1.807) is 17.9 Å². The zero-order valence-corrected chi connectivity index (χ0v) is 26.9. The molecule has 0 aliphatic carbocycles. The number of aromatic hydroxyl groups is 1. The highest BCUT2D eigenvalue weighted by Gasteiger charge is 2.51. The molecule has 2 aromatic heterocycles. The van der Waals surface area contributed by atoms with Crippen molar-refractivity contribution in [3.8, 4) is 35.2 Å². The van der Waals surface area contributed by atoms with E-state index in [4.69, 9.17) is 21.1 Å². The molecular weight excluding hydrogens is 631 g/mol. The maximum atomic E-state index is 17.5. The number of nitrogens with zero attached hydrogens (tertiary/aromatic N) is 6.